The first-order valence-corrected chi connectivity index (χ1v) is 8.74. The van der Waals surface area contributed by atoms with Crippen LogP contribution >= 0.6 is 0 Å². The molecule has 0 aromatic carbocycles. The molecule has 0 aliphatic heterocycles. The first kappa shape index (κ1) is 23.7. The lowest BCUT2D eigenvalue weighted by Crippen LogP contribution is -2.47. The minimum absolute atomic E-state index is 0.135. The van der Waals surface area contributed by atoms with Crippen LogP contribution in [0.4, 0.5) is 4.79 Å². The molecule has 0 heterocycles. The van der Waals surface area contributed by atoms with Gasteiger partial charge in [0.1, 0.15) is 12.6 Å². The van der Waals surface area contributed by atoms with E-state index in [2.05, 4.69) is 19.2 Å². The lowest BCUT2D eigenvalue weighted by molar-refractivity contribution is -0.154. The maximum atomic E-state index is 12.2. The quantitative estimate of drug-likeness (QED) is 0.439. The van der Waals surface area contributed by atoms with Crippen LogP contribution in [0.2, 0.25) is 0 Å². The highest BCUT2D eigenvalue weighted by atomic mass is 16.5. The summed E-state index contributed by atoms with van der Waals surface area (Å²) in [5.74, 6) is -1.55. The average Bonchev–Trinajstić information content (AvgIpc) is 2.54. The number of amides is 2. The van der Waals surface area contributed by atoms with Crippen LogP contribution in [0.1, 0.15) is 47.0 Å². The van der Waals surface area contributed by atoms with E-state index in [1.54, 1.807) is 0 Å². The van der Waals surface area contributed by atoms with Crippen molar-refractivity contribution in [1.29, 1.82) is 0 Å². The molecular formula is C17H30N2O7. The van der Waals surface area contributed by atoms with E-state index in [0.717, 1.165) is 6.42 Å². The number of esters is 2. The van der Waals surface area contributed by atoms with Crippen molar-refractivity contribution >= 4 is 23.9 Å². The van der Waals surface area contributed by atoms with Crippen LogP contribution in [0.3, 0.4) is 0 Å². The smallest absolute Gasteiger partial charge is 0.405 e. The van der Waals surface area contributed by atoms with Gasteiger partial charge in [0.25, 0.3) is 0 Å². The summed E-state index contributed by atoms with van der Waals surface area (Å²) in [6.45, 7) is 7.72. The van der Waals surface area contributed by atoms with Crippen LogP contribution in [0.5, 0.6) is 0 Å². The number of ether oxygens (including phenoxy) is 2. The van der Waals surface area contributed by atoms with Crippen molar-refractivity contribution in [2.24, 2.45) is 11.8 Å². The van der Waals surface area contributed by atoms with E-state index in [4.69, 9.17) is 14.6 Å². The summed E-state index contributed by atoms with van der Waals surface area (Å²) in [7, 11) is 0. The third kappa shape index (κ3) is 12.1. The fourth-order valence-electron chi connectivity index (χ4n) is 2.23. The maximum Gasteiger partial charge on any atom is 0.405 e. The van der Waals surface area contributed by atoms with E-state index in [1.807, 2.05) is 19.2 Å². The van der Waals surface area contributed by atoms with Gasteiger partial charge in [0, 0.05) is 0 Å². The summed E-state index contributed by atoms with van der Waals surface area (Å²) >= 11 is 0. The molecule has 2 unspecified atom stereocenters. The molecule has 0 radical (unpaired) electrons. The zero-order valence-electron chi connectivity index (χ0n) is 15.9. The van der Waals surface area contributed by atoms with Gasteiger partial charge in [-0.1, -0.05) is 27.7 Å². The summed E-state index contributed by atoms with van der Waals surface area (Å²) in [4.78, 5) is 46.2. The number of nitrogens with one attached hydrogen (secondary N) is 2. The fourth-order valence-corrected chi connectivity index (χ4v) is 2.23. The van der Waals surface area contributed by atoms with Crippen LogP contribution < -0.4 is 10.6 Å². The summed E-state index contributed by atoms with van der Waals surface area (Å²) in [5, 5.41) is 12.7. The number of carbonyl (C=O) groups excluding carboxylic acids is 3. The van der Waals surface area contributed by atoms with E-state index in [0.29, 0.717) is 12.3 Å². The van der Waals surface area contributed by atoms with Crippen molar-refractivity contribution in [2.45, 2.75) is 53.0 Å². The monoisotopic (exact) mass is 374 g/mol. The predicted octanol–water partition coefficient (Wildman–Crippen LogP) is 1.31. The number of hydrogen-bond acceptors (Lipinski definition) is 6. The van der Waals surface area contributed by atoms with E-state index < -0.39 is 36.5 Å². The lowest BCUT2D eigenvalue weighted by Gasteiger charge is -2.19. The molecule has 0 aromatic rings. The highest BCUT2D eigenvalue weighted by Gasteiger charge is 2.26. The fraction of sp³-hybridized carbons (Fsp3) is 0.765. The van der Waals surface area contributed by atoms with E-state index in [1.165, 1.54) is 0 Å². The molecule has 0 saturated heterocycles. The van der Waals surface area contributed by atoms with Gasteiger partial charge in [-0.2, -0.15) is 0 Å². The average molecular weight is 374 g/mol. The summed E-state index contributed by atoms with van der Waals surface area (Å²) in [5.41, 5.74) is 0. The zero-order valence-corrected chi connectivity index (χ0v) is 15.9. The molecule has 0 aliphatic rings. The van der Waals surface area contributed by atoms with Gasteiger partial charge in [0.05, 0.1) is 19.6 Å². The van der Waals surface area contributed by atoms with E-state index in [9.17, 15) is 19.2 Å². The molecule has 3 N–H and O–H groups in total. The van der Waals surface area contributed by atoms with Crippen LogP contribution in [-0.2, 0) is 23.9 Å². The molecule has 150 valence electrons. The molecule has 9 heteroatoms. The van der Waals surface area contributed by atoms with Gasteiger partial charge < -0.3 is 25.2 Å². The third-order valence-electron chi connectivity index (χ3n) is 3.24. The molecule has 2 amide bonds. The molecule has 0 fully saturated rings. The summed E-state index contributed by atoms with van der Waals surface area (Å²) in [6, 6.07) is -1.23. The Morgan fingerprint density at radius 2 is 1.73 bits per heavy atom. The molecule has 26 heavy (non-hydrogen) atoms. The summed E-state index contributed by atoms with van der Waals surface area (Å²) in [6.07, 6.45) is -0.256. The first-order valence-electron chi connectivity index (χ1n) is 8.74. The highest BCUT2D eigenvalue weighted by Crippen LogP contribution is 2.11. The van der Waals surface area contributed by atoms with Crippen molar-refractivity contribution in [1.82, 2.24) is 10.6 Å². The SMILES string of the molecule is CCCOC(=O)CC(NC(=O)CNC(=O)O)C(=O)OCC(C)CC(C)C. The predicted molar refractivity (Wildman–Crippen MR) is 93.4 cm³/mol. The lowest BCUT2D eigenvalue weighted by atomic mass is 10.00. The Balaban J connectivity index is 4.72. The molecular weight excluding hydrogens is 344 g/mol. The van der Waals surface area contributed by atoms with Crippen LogP contribution in [0, 0.1) is 11.8 Å². The summed E-state index contributed by atoms with van der Waals surface area (Å²) < 4.78 is 10.1. The van der Waals surface area contributed by atoms with E-state index >= 15 is 0 Å². The highest BCUT2D eigenvalue weighted by molar-refractivity contribution is 5.89. The number of hydrogen-bond donors (Lipinski definition) is 3. The topological polar surface area (TPSA) is 131 Å². The van der Waals surface area contributed by atoms with Crippen LogP contribution in [0.25, 0.3) is 0 Å². The van der Waals surface area contributed by atoms with Gasteiger partial charge in [-0.15, -0.1) is 0 Å². The van der Waals surface area contributed by atoms with Crippen molar-refractivity contribution in [3.63, 3.8) is 0 Å². The zero-order chi connectivity index (χ0) is 20.1. The molecule has 0 aromatic heterocycles. The molecule has 0 aliphatic carbocycles. The Labute approximate surface area is 153 Å². The van der Waals surface area contributed by atoms with Gasteiger partial charge in [-0.25, -0.2) is 9.59 Å². The number of carboxylic acid groups (broad SMARTS) is 1. The Bertz CT molecular complexity index is 480. The van der Waals surface area contributed by atoms with Gasteiger partial charge >= 0.3 is 18.0 Å². The van der Waals surface area contributed by atoms with Crippen LogP contribution in [-0.4, -0.2) is 54.8 Å². The Kier molecular flexibility index (Phi) is 11.8. The largest absolute Gasteiger partial charge is 0.466 e. The second-order valence-corrected chi connectivity index (χ2v) is 6.57. The minimum Gasteiger partial charge on any atom is -0.466 e. The van der Waals surface area contributed by atoms with Gasteiger partial charge in [0.15, 0.2) is 0 Å². The molecule has 0 saturated carbocycles. The van der Waals surface area contributed by atoms with Crippen molar-refractivity contribution < 1.29 is 33.8 Å². The van der Waals surface area contributed by atoms with Gasteiger partial charge in [-0.05, 0) is 24.7 Å². The second kappa shape index (κ2) is 13.0. The molecule has 0 spiro atoms. The molecule has 9 nitrogen and oxygen atoms in total. The Morgan fingerprint density at radius 1 is 1.08 bits per heavy atom. The minimum atomic E-state index is -1.37. The van der Waals surface area contributed by atoms with Gasteiger partial charge in [-0.3, -0.25) is 9.59 Å². The maximum absolute atomic E-state index is 12.2. The van der Waals surface area contributed by atoms with Crippen molar-refractivity contribution in [3.8, 4) is 0 Å². The Morgan fingerprint density at radius 3 is 2.27 bits per heavy atom. The van der Waals surface area contributed by atoms with Crippen molar-refractivity contribution in [2.75, 3.05) is 19.8 Å². The number of rotatable bonds is 12. The molecule has 0 bridgehead atoms. The standard InChI is InChI=1S/C17H30N2O7/c1-5-6-25-15(21)8-13(19-14(20)9-18-17(23)24)16(22)26-10-12(4)7-11(2)3/h11-13,18H,5-10H2,1-4H3,(H,19,20)(H,23,24). The van der Waals surface area contributed by atoms with Crippen LogP contribution in [0.15, 0.2) is 0 Å². The first-order chi connectivity index (χ1) is 12.1. The van der Waals surface area contributed by atoms with E-state index in [-0.39, 0.29) is 25.6 Å². The second-order valence-electron chi connectivity index (χ2n) is 6.57. The normalized spacial score (nSPS) is 12.8. The van der Waals surface area contributed by atoms with Gasteiger partial charge in [0.2, 0.25) is 5.91 Å². The van der Waals surface area contributed by atoms with Crippen molar-refractivity contribution in [3.05, 3.63) is 0 Å². The third-order valence-corrected chi connectivity index (χ3v) is 3.24. The Hall–Kier alpha value is -2.32. The molecule has 0 rings (SSSR count). The molecule has 2 atom stereocenters. The number of carbonyl (C=O) groups is 4.